The van der Waals surface area contributed by atoms with E-state index in [-0.39, 0.29) is 30.7 Å². The molecule has 2 amide bonds. The van der Waals surface area contributed by atoms with Crippen LogP contribution in [0.4, 0.5) is 4.39 Å². The SMILES string of the molecule is Cc1ccccc1CC(=O)N(Cc1ccccc1F)[C@H](Cc1ccccc1)C(=O)NCC(C)C. The molecular weight excluding hydrogens is 427 g/mol. The summed E-state index contributed by atoms with van der Waals surface area (Å²) in [6.45, 7) is 6.52. The lowest BCUT2D eigenvalue weighted by atomic mass is 10.00. The van der Waals surface area contributed by atoms with Crippen LogP contribution < -0.4 is 5.32 Å². The molecule has 178 valence electrons. The number of carbonyl (C=O) groups is 2. The van der Waals surface area contributed by atoms with Gasteiger partial charge in [-0.15, -0.1) is 0 Å². The average molecular weight is 461 g/mol. The molecule has 0 aromatic heterocycles. The molecule has 0 saturated heterocycles. The van der Waals surface area contributed by atoms with Crippen LogP contribution in [0.25, 0.3) is 0 Å². The van der Waals surface area contributed by atoms with Gasteiger partial charge in [-0.2, -0.15) is 0 Å². The van der Waals surface area contributed by atoms with Crippen LogP contribution in [-0.4, -0.2) is 29.3 Å². The molecule has 0 saturated carbocycles. The highest BCUT2D eigenvalue weighted by Gasteiger charge is 2.31. The fourth-order valence-electron chi connectivity index (χ4n) is 3.86. The van der Waals surface area contributed by atoms with Crippen molar-refractivity contribution < 1.29 is 14.0 Å². The molecule has 4 nitrogen and oxygen atoms in total. The second-order valence-corrected chi connectivity index (χ2v) is 9.06. The lowest BCUT2D eigenvalue weighted by molar-refractivity contribution is -0.140. The third kappa shape index (κ3) is 7.01. The molecule has 0 aliphatic heterocycles. The number of nitrogens with zero attached hydrogens (tertiary/aromatic N) is 1. The second kappa shape index (κ2) is 12.1. The number of halogens is 1. The Hall–Kier alpha value is -3.47. The van der Waals surface area contributed by atoms with E-state index in [1.54, 1.807) is 18.2 Å². The number of rotatable bonds is 10. The van der Waals surface area contributed by atoms with Crippen LogP contribution in [0.5, 0.6) is 0 Å². The summed E-state index contributed by atoms with van der Waals surface area (Å²) in [5, 5.41) is 2.99. The fourth-order valence-corrected chi connectivity index (χ4v) is 3.86. The van der Waals surface area contributed by atoms with Gasteiger partial charge in [0.25, 0.3) is 0 Å². The first kappa shape index (κ1) is 25.2. The van der Waals surface area contributed by atoms with Crippen molar-refractivity contribution in [2.45, 2.75) is 46.2 Å². The Morgan fingerprint density at radius 3 is 2.15 bits per heavy atom. The highest BCUT2D eigenvalue weighted by Crippen LogP contribution is 2.19. The highest BCUT2D eigenvalue weighted by atomic mass is 19.1. The van der Waals surface area contributed by atoms with Crippen LogP contribution in [0.1, 0.15) is 36.1 Å². The monoisotopic (exact) mass is 460 g/mol. The van der Waals surface area contributed by atoms with Crippen molar-refractivity contribution in [2.75, 3.05) is 6.54 Å². The van der Waals surface area contributed by atoms with Crippen molar-refractivity contribution in [2.24, 2.45) is 5.92 Å². The van der Waals surface area contributed by atoms with E-state index in [4.69, 9.17) is 0 Å². The first-order valence-electron chi connectivity index (χ1n) is 11.7. The average Bonchev–Trinajstić information content (AvgIpc) is 2.83. The van der Waals surface area contributed by atoms with E-state index in [0.717, 1.165) is 16.7 Å². The van der Waals surface area contributed by atoms with Crippen LogP contribution in [0.2, 0.25) is 0 Å². The number of nitrogens with one attached hydrogen (secondary N) is 1. The molecule has 3 aromatic rings. The van der Waals surface area contributed by atoms with Gasteiger partial charge < -0.3 is 10.2 Å². The topological polar surface area (TPSA) is 49.4 Å². The molecule has 0 unspecified atom stereocenters. The number of carbonyl (C=O) groups excluding carboxylic acids is 2. The standard InChI is InChI=1S/C29H33FN2O2/c1-21(2)19-31-29(34)27(17-23-12-5-4-6-13-23)32(20-25-15-9-10-16-26(25)30)28(33)18-24-14-8-7-11-22(24)3/h4-16,21,27H,17-20H2,1-3H3,(H,31,34)/t27-/m1/s1. The number of hydrogen-bond acceptors (Lipinski definition) is 2. The smallest absolute Gasteiger partial charge is 0.243 e. The van der Waals surface area contributed by atoms with E-state index in [1.807, 2.05) is 75.4 Å². The molecule has 3 aromatic carbocycles. The van der Waals surface area contributed by atoms with Crippen molar-refractivity contribution in [1.29, 1.82) is 0 Å². The van der Waals surface area contributed by atoms with Gasteiger partial charge in [-0.3, -0.25) is 9.59 Å². The molecule has 0 aliphatic rings. The van der Waals surface area contributed by atoms with E-state index in [2.05, 4.69) is 5.32 Å². The number of benzene rings is 3. The maximum absolute atomic E-state index is 14.6. The Kier molecular flexibility index (Phi) is 8.97. The van der Waals surface area contributed by atoms with Crippen LogP contribution in [0.15, 0.2) is 78.9 Å². The minimum Gasteiger partial charge on any atom is -0.354 e. The van der Waals surface area contributed by atoms with E-state index in [9.17, 15) is 14.0 Å². The van der Waals surface area contributed by atoms with Crippen LogP contribution in [0, 0.1) is 18.7 Å². The van der Waals surface area contributed by atoms with Gasteiger partial charge in [-0.1, -0.05) is 86.6 Å². The minimum atomic E-state index is -0.766. The molecule has 0 heterocycles. The zero-order valence-electron chi connectivity index (χ0n) is 20.1. The van der Waals surface area contributed by atoms with Crippen molar-refractivity contribution >= 4 is 11.8 Å². The first-order chi connectivity index (χ1) is 16.3. The summed E-state index contributed by atoms with van der Waals surface area (Å²) >= 11 is 0. The summed E-state index contributed by atoms with van der Waals surface area (Å²) < 4.78 is 14.6. The summed E-state index contributed by atoms with van der Waals surface area (Å²) in [5.74, 6) is -0.563. The number of amides is 2. The Bertz CT molecular complexity index is 1100. The molecule has 0 radical (unpaired) electrons. The Labute approximate surface area is 201 Å². The number of aryl methyl sites for hydroxylation is 1. The van der Waals surface area contributed by atoms with Gasteiger partial charge in [0.15, 0.2) is 0 Å². The van der Waals surface area contributed by atoms with Gasteiger partial charge in [0.05, 0.1) is 6.42 Å². The van der Waals surface area contributed by atoms with Gasteiger partial charge in [0.1, 0.15) is 11.9 Å². The summed E-state index contributed by atoms with van der Waals surface area (Å²) in [6.07, 6.45) is 0.489. The predicted molar refractivity (Wildman–Crippen MR) is 134 cm³/mol. The normalized spacial score (nSPS) is 11.8. The fraction of sp³-hybridized carbons (Fsp3) is 0.310. The van der Waals surface area contributed by atoms with Gasteiger partial charge in [0, 0.05) is 25.1 Å². The molecule has 0 spiro atoms. The van der Waals surface area contributed by atoms with Crippen molar-refractivity contribution in [1.82, 2.24) is 10.2 Å². The summed E-state index contributed by atoms with van der Waals surface area (Å²) in [5.41, 5.74) is 3.22. The maximum atomic E-state index is 14.6. The molecule has 0 bridgehead atoms. The van der Waals surface area contributed by atoms with Gasteiger partial charge >= 0.3 is 0 Å². The van der Waals surface area contributed by atoms with E-state index < -0.39 is 11.9 Å². The molecule has 3 rings (SSSR count). The van der Waals surface area contributed by atoms with Gasteiger partial charge in [-0.05, 0) is 35.6 Å². The molecule has 34 heavy (non-hydrogen) atoms. The Morgan fingerprint density at radius 1 is 0.882 bits per heavy atom. The zero-order chi connectivity index (χ0) is 24.5. The quantitative estimate of drug-likeness (QED) is 0.458. The third-order valence-corrected chi connectivity index (χ3v) is 5.86. The molecular formula is C29H33FN2O2. The Morgan fingerprint density at radius 2 is 1.50 bits per heavy atom. The van der Waals surface area contributed by atoms with Crippen molar-refractivity contribution in [3.63, 3.8) is 0 Å². The highest BCUT2D eigenvalue weighted by molar-refractivity contribution is 5.89. The maximum Gasteiger partial charge on any atom is 0.243 e. The van der Waals surface area contributed by atoms with E-state index in [1.165, 1.54) is 11.0 Å². The zero-order valence-corrected chi connectivity index (χ0v) is 20.1. The summed E-state index contributed by atoms with van der Waals surface area (Å²) in [6, 6.07) is 23.0. The van der Waals surface area contributed by atoms with Gasteiger partial charge in [-0.25, -0.2) is 4.39 Å². The largest absolute Gasteiger partial charge is 0.354 e. The van der Waals surface area contributed by atoms with E-state index in [0.29, 0.717) is 18.5 Å². The van der Waals surface area contributed by atoms with Crippen LogP contribution in [0.3, 0.4) is 0 Å². The Balaban J connectivity index is 1.98. The second-order valence-electron chi connectivity index (χ2n) is 9.06. The molecule has 0 aliphatic carbocycles. The summed E-state index contributed by atoms with van der Waals surface area (Å²) in [7, 11) is 0. The van der Waals surface area contributed by atoms with Crippen LogP contribution >= 0.6 is 0 Å². The van der Waals surface area contributed by atoms with Crippen molar-refractivity contribution in [3.05, 3.63) is 107 Å². The minimum absolute atomic E-state index is 0.0178. The molecule has 1 atom stereocenters. The molecule has 0 fully saturated rings. The van der Waals surface area contributed by atoms with Crippen LogP contribution in [-0.2, 0) is 29.0 Å². The van der Waals surface area contributed by atoms with E-state index >= 15 is 0 Å². The molecule has 1 N–H and O–H groups in total. The summed E-state index contributed by atoms with van der Waals surface area (Å²) in [4.78, 5) is 28.6. The number of hydrogen-bond donors (Lipinski definition) is 1. The first-order valence-corrected chi connectivity index (χ1v) is 11.7. The third-order valence-electron chi connectivity index (χ3n) is 5.86. The van der Waals surface area contributed by atoms with Crippen molar-refractivity contribution in [3.8, 4) is 0 Å². The lowest BCUT2D eigenvalue weighted by Gasteiger charge is -2.32. The predicted octanol–water partition coefficient (Wildman–Crippen LogP) is 5.09. The molecule has 5 heteroatoms. The lowest BCUT2D eigenvalue weighted by Crippen LogP contribution is -2.51. The van der Waals surface area contributed by atoms with Gasteiger partial charge in [0.2, 0.25) is 11.8 Å².